The summed E-state index contributed by atoms with van der Waals surface area (Å²) >= 11 is 1.96. The monoisotopic (exact) mass is 222 g/mol. The van der Waals surface area contributed by atoms with Crippen molar-refractivity contribution in [1.29, 1.82) is 0 Å². The highest BCUT2D eigenvalue weighted by atomic mass is 32.2. The average molecular weight is 222 g/mol. The van der Waals surface area contributed by atoms with Gasteiger partial charge in [-0.2, -0.15) is 0 Å². The Kier molecular flexibility index (Phi) is 3.54. The summed E-state index contributed by atoms with van der Waals surface area (Å²) in [6, 6.07) is 7.20. The molecule has 2 nitrogen and oxygen atoms in total. The maximum absolute atomic E-state index is 5.53. The van der Waals surface area contributed by atoms with Crippen LogP contribution in [-0.4, -0.2) is 18.3 Å². The Bertz CT molecular complexity index is 338. The molecule has 1 aliphatic heterocycles. The van der Waals surface area contributed by atoms with Crippen LogP contribution >= 0.6 is 11.8 Å². The second-order valence-electron chi connectivity index (χ2n) is 4.08. The van der Waals surface area contributed by atoms with E-state index in [1.54, 1.807) is 0 Å². The third kappa shape index (κ3) is 2.67. The molecule has 0 radical (unpaired) electrons. The average Bonchev–Trinajstić information content (AvgIpc) is 2.26. The normalized spacial score (nSPS) is 19.5. The standard InChI is InChI=1S/C12H18N2S/c1-9-4-5-11-12(7-9)15-8-10(14-11)3-2-6-13/h4-5,7,10,14H,2-3,6,8,13H2,1H3. The van der Waals surface area contributed by atoms with Gasteiger partial charge in [-0.1, -0.05) is 6.07 Å². The van der Waals surface area contributed by atoms with Gasteiger partial charge in [0.1, 0.15) is 0 Å². The van der Waals surface area contributed by atoms with Gasteiger partial charge in [0.15, 0.2) is 0 Å². The fraction of sp³-hybridized carbons (Fsp3) is 0.500. The molecule has 0 aliphatic carbocycles. The Morgan fingerprint density at radius 1 is 1.53 bits per heavy atom. The van der Waals surface area contributed by atoms with Crippen molar-refractivity contribution in [3.05, 3.63) is 23.8 Å². The molecule has 1 atom stereocenters. The van der Waals surface area contributed by atoms with Crippen LogP contribution in [0.5, 0.6) is 0 Å². The van der Waals surface area contributed by atoms with Gasteiger partial charge in [-0.3, -0.25) is 0 Å². The van der Waals surface area contributed by atoms with Crippen molar-refractivity contribution in [3.8, 4) is 0 Å². The lowest BCUT2D eigenvalue weighted by Crippen LogP contribution is -2.26. The summed E-state index contributed by atoms with van der Waals surface area (Å²) in [4.78, 5) is 1.39. The van der Waals surface area contributed by atoms with Gasteiger partial charge in [-0.15, -0.1) is 11.8 Å². The minimum atomic E-state index is 0.591. The number of nitrogens with two attached hydrogens (primary N) is 1. The summed E-state index contributed by atoms with van der Waals surface area (Å²) in [6.07, 6.45) is 2.29. The van der Waals surface area contributed by atoms with Crippen molar-refractivity contribution in [2.24, 2.45) is 5.73 Å². The molecule has 1 heterocycles. The Balaban J connectivity index is 2.03. The summed E-state index contributed by atoms with van der Waals surface area (Å²) in [5, 5.41) is 3.58. The van der Waals surface area contributed by atoms with Gasteiger partial charge in [0.05, 0.1) is 0 Å². The van der Waals surface area contributed by atoms with E-state index in [1.807, 2.05) is 11.8 Å². The largest absolute Gasteiger partial charge is 0.381 e. The summed E-state index contributed by atoms with van der Waals surface area (Å²) in [6.45, 7) is 2.94. The number of benzene rings is 1. The zero-order valence-electron chi connectivity index (χ0n) is 9.12. The number of thioether (sulfide) groups is 1. The van der Waals surface area contributed by atoms with Gasteiger partial charge >= 0.3 is 0 Å². The molecule has 0 aromatic heterocycles. The lowest BCUT2D eigenvalue weighted by Gasteiger charge is -2.26. The van der Waals surface area contributed by atoms with Crippen LogP contribution in [-0.2, 0) is 0 Å². The van der Waals surface area contributed by atoms with E-state index >= 15 is 0 Å². The van der Waals surface area contributed by atoms with E-state index in [0.717, 1.165) is 18.7 Å². The van der Waals surface area contributed by atoms with Gasteiger partial charge in [0.25, 0.3) is 0 Å². The molecular weight excluding hydrogens is 204 g/mol. The van der Waals surface area contributed by atoms with Crippen LogP contribution in [0.2, 0.25) is 0 Å². The molecule has 2 rings (SSSR count). The number of hydrogen-bond donors (Lipinski definition) is 2. The fourth-order valence-corrected chi connectivity index (χ4v) is 3.02. The lowest BCUT2D eigenvalue weighted by atomic mass is 10.1. The molecule has 0 spiro atoms. The van der Waals surface area contributed by atoms with Crippen molar-refractivity contribution in [1.82, 2.24) is 0 Å². The van der Waals surface area contributed by atoms with Crippen LogP contribution in [0, 0.1) is 6.92 Å². The van der Waals surface area contributed by atoms with Crippen LogP contribution in [0.1, 0.15) is 18.4 Å². The molecule has 1 aromatic rings. The van der Waals surface area contributed by atoms with Crippen molar-refractivity contribution < 1.29 is 0 Å². The third-order valence-electron chi connectivity index (χ3n) is 2.69. The maximum Gasteiger partial charge on any atom is 0.0480 e. The first-order valence-corrected chi connectivity index (χ1v) is 6.48. The maximum atomic E-state index is 5.53. The van der Waals surface area contributed by atoms with E-state index < -0.39 is 0 Å². The number of hydrogen-bond acceptors (Lipinski definition) is 3. The van der Waals surface area contributed by atoms with Crippen LogP contribution in [0.15, 0.2) is 23.1 Å². The Labute approximate surface area is 95.6 Å². The molecule has 1 unspecified atom stereocenters. The van der Waals surface area contributed by atoms with E-state index in [4.69, 9.17) is 5.73 Å². The quantitative estimate of drug-likeness (QED) is 0.825. The van der Waals surface area contributed by atoms with Crippen molar-refractivity contribution in [2.45, 2.75) is 30.7 Å². The first-order chi connectivity index (χ1) is 7.29. The molecule has 0 saturated heterocycles. The summed E-state index contributed by atoms with van der Waals surface area (Å²) in [7, 11) is 0. The Morgan fingerprint density at radius 3 is 3.20 bits per heavy atom. The minimum Gasteiger partial charge on any atom is -0.381 e. The molecule has 0 amide bonds. The Hall–Kier alpha value is -0.670. The van der Waals surface area contributed by atoms with E-state index in [1.165, 1.54) is 22.6 Å². The van der Waals surface area contributed by atoms with Crippen molar-refractivity contribution in [3.63, 3.8) is 0 Å². The van der Waals surface area contributed by atoms with Crippen molar-refractivity contribution >= 4 is 17.4 Å². The summed E-state index contributed by atoms with van der Waals surface area (Å²) < 4.78 is 0. The van der Waals surface area contributed by atoms with Crippen molar-refractivity contribution in [2.75, 3.05) is 17.6 Å². The van der Waals surface area contributed by atoms with Crippen LogP contribution in [0.25, 0.3) is 0 Å². The molecule has 1 aromatic carbocycles. The van der Waals surface area contributed by atoms with E-state index in [0.29, 0.717) is 6.04 Å². The second kappa shape index (κ2) is 4.90. The van der Waals surface area contributed by atoms with Gasteiger partial charge in [0, 0.05) is 22.4 Å². The molecule has 0 saturated carbocycles. The van der Waals surface area contributed by atoms with Crippen LogP contribution < -0.4 is 11.1 Å². The topological polar surface area (TPSA) is 38.0 Å². The minimum absolute atomic E-state index is 0.591. The highest BCUT2D eigenvalue weighted by Gasteiger charge is 2.17. The molecule has 0 fully saturated rings. The van der Waals surface area contributed by atoms with Gasteiger partial charge in [0.2, 0.25) is 0 Å². The number of aryl methyl sites for hydroxylation is 1. The number of rotatable bonds is 3. The smallest absolute Gasteiger partial charge is 0.0480 e. The number of nitrogens with one attached hydrogen (secondary N) is 1. The predicted octanol–water partition coefficient (Wildman–Crippen LogP) is 2.62. The highest BCUT2D eigenvalue weighted by molar-refractivity contribution is 7.99. The van der Waals surface area contributed by atoms with Gasteiger partial charge < -0.3 is 11.1 Å². The van der Waals surface area contributed by atoms with Crippen LogP contribution in [0.4, 0.5) is 5.69 Å². The van der Waals surface area contributed by atoms with Crippen LogP contribution in [0.3, 0.4) is 0 Å². The predicted molar refractivity (Wildman–Crippen MR) is 67.6 cm³/mol. The molecule has 3 N–H and O–H groups in total. The third-order valence-corrected chi connectivity index (χ3v) is 3.91. The number of fused-ring (bicyclic) bond motifs is 1. The van der Waals surface area contributed by atoms with E-state index in [2.05, 4.69) is 30.4 Å². The molecule has 0 bridgehead atoms. The molecular formula is C12H18N2S. The molecule has 82 valence electrons. The van der Waals surface area contributed by atoms with Gasteiger partial charge in [-0.25, -0.2) is 0 Å². The highest BCUT2D eigenvalue weighted by Crippen LogP contribution is 2.34. The first-order valence-electron chi connectivity index (χ1n) is 5.49. The van der Waals surface area contributed by atoms with E-state index in [-0.39, 0.29) is 0 Å². The van der Waals surface area contributed by atoms with Gasteiger partial charge in [-0.05, 0) is 44.0 Å². The zero-order chi connectivity index (χ0) is 10.7. The number of anilines is 1. The first kappa shape index (κ1) is 10.8. The molecule has 15 heavy (non-hydrogen) atoms. The Morgan fingerprint density at radius 2 is 2.40 bits per heavy atom. The molecule has 3 heteroatoms. The zero-order valence-corrected chi connectivity index (χ0v) is 9.94. The summed E-state index contributed by atoms with van der Waals surface area (Å²) in [5.74, 6) is 1.16. The SMILES string of the molecule is Cc1ccc2c(c1)SCC(CCCN)N2. The molecule has 1 aliphatic rings. The van der Waals surface area contributed by atoms with E-state index in [9.17, 15) is 0 Å². The lowest BCUT2D eigenvalue weighted by molar-refractivity contribution is 0.664. The second-order valence-corrected chi connectivity index (χ2v) is 5.14. The summed E-state index contributed by atoms with van der Waals surface area (Å²) in [5.41, 5.74) is 8.15. The fourth-order valence-electron chi connectivity index (χ4n) is 1.84.